The van der Waals surface area contributed by atoms with E-state index in [0.29, 0.717) is 18.9 Å². The molecule has 0 heterocycles. The largest absolute Gasteiger partial charge is 0.465 e. The molecule has 0 saturated heterocycles. The number of rotatable bonds is 5. The van der Waals surface area contributed by atoms with Crippen LogP contribution in [0.15, 0.2) is 11.6 Å². The van der Waals surface area contributed by atoms with Crippen molar-refractivity contribution in [3.8, 4) is 0 Å². The number of carbonyl (C=O) groups is 1. The van der Waals surface area contributed by atoms with Gasteiger partial charge in [0, 0.05) is 6.61 Å². The number of aliphatic hydroxyl groups is 1. The first-order valence-electron chi connectivity index (χ1n) is 7.33. The molecule has 2 aliphatic carbocycles. The minimum atomic E-state index is -0.268. The molecular formula is C16H26O3. The Morgan fingerprint density at radius 1 is 1.58 bits per heavy atom. The fraction of sp³-hybridized carbons (Fsp3) is 0.812. The maximum Gasteiger partial charge on any atom is 0.312 e. The maximum atomic E-state index is 12.4. The van der Waals surface area contributed by atoms with E-state index in [1.807, 2.05) is 13.8 Å². The molecule has 2 unspecified atom stereocenters. The predicted octanol–water partition coefficient (Wildman–Crippen LogP) is 3.07. The van der Waals surface area contributed by atoms with Crippen LogP contribution in [0.4, 0.5) is 0 Å². The molecule has 19 heavy (non-hydrogen) atoms. The van der Waals surface area contributed by atoms with E-state index in [9.17, 15) is 9.90 Å². The summed E-state index contributed by atoms with van der Waals surface area (Å²) < 4.78 is 5.51. The molecule has 1 saturated carbocycles. The zero-order valence-corrected chi connectivity index (χ0v) is 12.4. The van der Waals surface area contributed by atoms with Crippen molar-refractivity contribution in [3.05, 3.63) is 11.6 Å². The lowest BCUT2D eigenvalue weighted by Crippen LogP contribution is -2.35. The summed E-state index contributed by atoms with van der Waals surface area (Å²) in [5.41, 5.74) is 0.999. The van der Waals surface area contributed by atoms with E-state index >= 15 is 0 Å². The van der Waals surface area contributed by atoms with Gasteiger partial charge >= 0.3 is 5.97 Å². The van der Waals surface area contributed by atoms with Gasteiger partial charge in [-0.05, 0) is 43.4 Å². The summed E-state index contributed by atoms with van der Waals surface area (Å²) in [7, 11) is 0. The highest BCUT2D eigenvalue weighted by Crippen LogP contribution is 2.50. The van der Waals surface area contributed by atoms with E-state index in [0.717, 1.165) is 25.7 Å². The van der Waals surface area contributed by atoms with Crippen LogP contribution in [0.25, 0.3) is 0 Å². The van der Waals surface area contributed by atoms with Crippen LogP contribution in [-0.4, -0.2) is 24.3 Å². The highest BCUT2D eigenvalue weighted by molar-refractivity contribution is 5.78. The van der Waals surface area contributed by atoms with Crippen molar-refractivity contribution in [2.45, 2.75) is 52.9 Å². The van der Waals surface area contributed by atoms with E-state index in [-0.39, 0.29) is 23.4 Å². The van der Waals surface area contributed by atoms with Gasteiger partial charge in [0.1, 0.15) is 0 Å². The Morgan fingerprint density at radius 3 is 3.00 bits per heavy atom. The van der Waals surface area contributed by atoms with Crippen LogP contribution >= 0.6 is 0 Å². The second kappa shape index (κ2) is 5.28. The number of aliphatic hydroxyl groups excluding tert-OH is 1. The van der Waals surface area contributed by atoms with Crippen LogP contribution in [0, 0.1) is 16.7 Å². The highest BCUT2D eigenvalue weighted by Gasteiger charge is 2.47. The minimum Gasteiger partial charge on any atom is -0.465 e. The number of hydrogen-bond acceptors (Lipinski definition) is 3. The first-order chi connectivity index (χ1) is 8.87. The molecule has 2 atom stereocenters. The summed E-state index contributed by atoms with van der Waals surface area (Å²) in [5, 5.41) is 9.20. The van der Waals surface area contributed by atoms with Crippen LogP contribution in [0.1, 0.15) is 52.9 Å². The standard InChI is InChI=1S/C16H26O3/c1-12-8-13-4-5-16(9-12,10-13)14(18)19-7-6-15(2,3)11-17/h4,12,17H,5-11H2,1-3H3. The minimum absolute atomic E-state index is 0.0287. The van der Waals surface area contributed by atoms with Crippen molar-refractivity contribution in [2.24, 2.45) is 16.7 Å². The van der Waals surface area contributed by atoms with Gasteiger partial charge in [0.05, 0.1) is 12.0 Å². The van der Waals surface area contributed by atoms with Gasteiger partial charge in [-0.1, -0.05) is 32.4 Å². The second-order valence-corrected chi connectivity index (χ2v) is 7.25. The van der Waals surface area contributed by atoms with Gasteiger partial charge < -0.3 is 9.84 Å². The van der Waals surface area contributed by atoms with E-state index in [4.69, 9.17) is 4.74 Å². The zero-order chi connectivity index (χ0) is 14.1. The summed E-state index contributed by atoms with van der Waals surface area (Å²) in [6.07, 6.45) is 6.81. The lowest BCUT2D eigenvalue weighted by Gasteiger charge is -2.34. The molecular weight excluding hydrogens is 240 g/mol. The fourth-order valence-electron chi connectivity index (χ4n) is 3.31. The molecule has 108 valence electrons. The quantitative estimate of drug-likeness (QED) is 0.614. The molecule has 0 aliphatic heterocycles. The first-order valence-corrected chi connectivity index (χ1v) is 7.33. The first kappa shape index (κ1) is 14.6. The molecule has 1 fully saturated rings. The van der Waals surface area contributed by atoms with Gasteiger partial charge in [-0.2, -0.15) is 0 Å². The maximum absolute atomic E-state index is 12.4. The van der Waals surface area contributed by atoms with E-state index in [1.165, 1.54) is 5.57 Å². The van der Waals surface area contributed by atoms with Gasteiger partial charge in [0.15, 0.2) is 0 Å². The van der Waals surface area contributed by atoms with Crippen molar-refractivity contribution in [2.75, 3.05) is 13.2 Å². The van der Waals surface area contributed by atoms with Crippen molar-refractivity contribution >= 4 is 5.97 Å². The van der Waals surface area contributed by atoms with Crippen molar-refractivity contribution in [1.29, 1.82) is 0 Å². The lowest BCUT2D eigenvalue weighted by molar-refractivity contribution is -0.158. The van der Waals surface area contributed by atoms with Crippen LogP contribution in [0.3, 0.4) is 0 Å². The summed E-state index contributed by atoms with van der Waals surface area (Å²) in [5.74, 6) is 0.558. The van der Waals surface area contributed by atoms with Gasteiger partial charge in [-0.15, -0.1) is 0 Å². The Labute approximate surface area is 116 Å². The Hall–Kier alpha value is -0.830. The molecule has 0 aromatic rings. The molecule has 0 amide bonds. The summed E-state index contributed by atoms with van der Waals surface area (Å²) in [4.78, 5) is 12.4. The Bertz CT molecular complexity index is 383. The molecule has 0 radical (unpaired) electrons. The molecule has 2 bridgehead atoms. The van der Waals surface area contributed by atoms with Crippen LogP contribution in [-0.2, 0) is 9.53 Å². The topological polar surface area (TPSA) is 46.5 Å². The Balaban J connectivity index is 1.87. The smallest absolute Gasteiger partial charge is 0.312 e. The summed E-state index contributed by atoms with van der Waals surface area (Å²) >= 11 is 0. The van der Waals surface area contributed by atoms with Gasteiger partial charge in [-0.3, -0.25) is 4.79 Å². The van der Waals surface area contributed by atoms with E-state index < -0.39 is 0 Å². The monoisotopic (exact) mass is 266 g/mol. The van der Waals surface area contributed by atoms with Crippen LogP contribution in [0.5, 0.6) is 0 Å². The number of allylic oxidation sites excluding steroid dienone is 2. The Morgan fingerprint density at radius 2 is 2.32 bits per heavy atom. The van der Waals surface area contributed by atoms with Gasteiger partial charge in [0.2, 0.25) is 0 Å². The van der Waals surface area contributed by atoms with Crippen molar-refractivity contribution < 1.29 is 14.6 Å². The van der Waals surface area contributed by atoms with E-state index in [2.05, 4.69) is 13.0 Å². The number of ether oxygens (including phenoxy) is 1. The highest BCUT2D eigenvalue weighted by atomic mass is 16.5. The third-order valence-electron chi connectivity index (χ3n) is 4.57. The third kappa shape index (κ3) is 3.19. The lowest BCUT2D eigenvalue weighted by atomic mass is 9.71. The van der Waals surface area contributed by atoms with Crippen molar-refractivity contribution in [3.63, 3.8) is 0 Å². The van der Waals surface area contributed by atoms with Gasteiger partial charge in [0.25, 0.3) is 0 Å². The van der Waals surface area contributed by atoms with Crippen molar-refractivity contribution in [1.82, 2.24) is 0 Å². The summed E-state index contributed by atoms with van der Waals surface area (Å²) in [6.45, 7) is 6.72. The van der Waals surface area contributed by atoms with Gasteiger partial charge in [-0.25, -0.2) is 0 Å². The van der Waals surface area contributed by atoms with Crippen LogP contribution in [0.2, 0.25) is 0 Å². The average Bonchev–Trinajstić information content (AvgIpc) is 2.66. The number of esters is 1. The molecule has 0 aromatic heterocycles. The summed E-state index contributed by atoms with van der Waals surface area (Å²) in [6, 6.07) is 0. The second-order valence-electron chi connectivity index (χ2n) is 7.25. The molecule has 3 heteroatoms. The molecule has 2 aliphatic rings. The van der Waals surface area contributed by atoms with E-state index in [1.54, 1.807) is 0 Å². The molecule has 0 spiro atoms. The molecule has 1 N–H and O–H groups in total. The number of fused-ring (bicyclic) bond motifs is 2. The SMILES string of the molecule is CC1CC2=CCC(C(=O)OCCC(C)(C)CO)(C2)C1. The predicted molar refractivity (Wildman–Crippen MR) is 74.6 cm³/mol. The fourth-order valence-corrected chi connectivity index (χ4v) is 3.31. The molecule has 3 nitrogen and oxygen atoms in total. The average molecular weight is 266 g/mol. The van der Waals surface area contributed by atoms with Crippen LogP contribution < -0.4 is 0 Å². The third-order valence-corrected chi connectivity index (χ3v) is 4.57. The normalized spacial score (nSPS) is 30.1. The number of carbonyl (C=O) groups excluding carboxylic acids is 1. The Kier molecular flexibility index (Phi) is 4.05. The molecule has 2 rings (SSSR count). The zero-order valence-electron chi connectivity index (χ0n) is 12.4. The number of hydrogen-bond donors (Lipinski definition) is 1. The molecule has 0 aromatic carbocycles.